The first-order valence-corrected chi connectivity index (χ1v) is 11.5. The molecule has 5 N–H and O–H groups in total. The summed E-state index contributed by atoms with van der Waals surface area (Å²) in [5, 5.41) is 58.8. The van der Waals surface area contributed by atoms with Crippen molar-refractivity contribution < 1.29 is 35.0 Å². The van der Waals surface area contributed by atoms with Gasteiger partial charge in [-0.1, -0.05) is 6.92 Å². The van der Waals surface area contributed by atoms with Crippen molar-refractivity contribution in [2.75, 3.05) is 27.3 Å². The van der Waals surface area contributed by atoms with Gasteiger partial charge in [0, 0.05) is 68.7 Å². The number of piperidine rings is 1. The molecule has 8 heteroatoms. The maximum Gasteiger partial charge on any atom is 0.124 e. The molecular formula is C22H35NO7. The summed E-state index contributed by atoms with van der Waals surface area (Å²) < 4.78 is 11.6. The largest absolute Gasteiger partial charge is 0.392 e. The number of likely N-dealkylation sites (N-methyl/N-ethyl adjacent to an activating group) is 1. The van der Waals surface area contributed by atoms with Crippen LogP contribution in [0, 0.1) is 29.1 Å². The van der Waals surface area contributed by atoms with Gasteiger partial charge in [0.25, 0.3) is 0 Å². The number of nitrogens with zero attached hydrogens (tertiary/aromatic N) is 1. The van der Waals surface area contributed by atoms with Crippen molar-refractivity contribution >= 4 is 0 Å². The molecule has 6 rings (SSSR count). The summed E-state index contributed by atoms with van der Waals surface area (Å²) in [6.45, 7) is 2.99. The third-order valence-electron chi connectivity index (χ3n) is 10.8. The quantitative estimate of drug-likeness (QED) is 0.379. The van der Waals surface area contributed by atoms with Crippen molar-refractivity contribution in [1.82, 2.24) is 4.90 Å². The summed E-state index contributed by atoms with van der Waals surface area (Å²) in [6, 6.07) is -0.155. The molecule has 0 amide bonds. The van der Waals surface area contributed by atoms with Crippen LogP contribution in [0.5, 0.6) is 0 Å². The summed E-state index contributed by atoms with van der Waals surface area (Å²) in [4.78, 5) is 2.15. The van der Waals surface area contributed by atoms with Crippen molar-refractivity contribution in [2.45, 2.75) is 79.9 Å². The first-order chi connectivity index (χ1) is 14.2. The molecule has 0 aromatic carbocycles. The molecule has 8 nitrogen and oxygen atoms in total. The molecule has 7 bridgehead atoms. The van der Waals surface area contributed by atoms with Crippen LogP contribution in [-0.4, -0.2) is 105 Å². The molecule has 1 saturated heterocycles. The second-order valence-corrected chi connectivity index (χ2v) is 11.0. The Morgan fingerprint density at radius 2 is 1.70 bits per heavy atom. The van der Waals surface area contributed by atoms with Crippen molar-refractivity contribution in [3.8, 4) is 0 Å². The van der Waals surface area contributed by atoms with E-state index >= 15 is 0 Å². The number of β-amino-alcohol motifs (C(OH)–C–C–N with tert-alkyl or cyclic N) is 1. The highest BCUT2D eigenvalue weighted by Gasteiger charge is 2.89. The van der Waals surface area contributed by atoms with Gasteiger partial charge in [-0.05, 0) is 19.4 Å². The Kier molecular flexibility index (Phi) is 3.91. The molecule has 0 radical (unpaired) electrons. The Balaban J connectivity index is 1.63. The standard InChI is InChI=1S/C22H35NO7/c1-4-23-9-19(26)13-6-11-17(23)21(13,16(25)7-15(19)24)14-5-10-12(29-2)8-20(11,27)22(14,28)18(10)30-3/h10-18,24-28H,4-9H2,1-3H3. The van der Waals surface area contributed by atoms with Gasteiger partial charge in [-0.25, -0.2) is 0 Å². The van der Waals surface area contributed by atoms with Crippen LogP contribution in [0.25, 0.3) is 0 Å². The normalized spacial score (nSPS) is 65.8. The number of fused-ring (bicyclic) bond motifs is 2. The van der Waals surface area contributed by atoms with Gasteiger partial charge in [0.1, 0.15) is 16.8 Å². The van der Waals surface area contributed by atoms with E-state index in [-0.39, 0.29) is 36.3 Å². The van der Waals surface area contributed by atoms with Gasteiger partial charge >= 0.3 is 0 Å². The molecule has 1 spiro atoms. The second-order valence-electron chi connectivity index (χ2n) is 11.0. The second kappa shape index (κ2) is 5.78. The fraction of sp³-hybridized carbons (Fsp3) is 1.00. The molecule has 13 atom stereocenters. The number of aliphatic hydroxyl groups excluding tert-OH is 2. The topological polar surface area (TPSA) is 123 Å². The van der Waals surface area contributed by atoms with Crippen LogP contribution in [-0.2, 0) is 9.47 Å². The molecule has 30 heavy (non-hydrogen) atoms. The lowest BCUT2D eigenvalue weighted by atomic mass is 9.43. The zero-order valence-corrected chi connectivity index (χ0v) is 17.9. The Morgan fingerprint density at radius 1 is 0.967 bits per heavy atom. The average Bonchev–Trinajstić information content (AvgIpc) is 3.14. The van der Waals surface area contributed by atoms with Crippen LogP contribution in [0.3, 0.4) is 0 Å². The molecule has 13 unspecified atom stereocenters. The zero-order valence-electron chi connectivity index (χ0n) is 17.9. The van der Waals surface area contributed by atoms with Gasteiger partial charge in [-0.2, -0.15) is 0 Å². The van der Waals surface area contributed by atoms with Crippen LogP contribution in [0.15, 0.2) is 0 Å². The fourth-order valence-corrected chi connectivity index (χ4v) is 9.98. The Labute approximate surface area is 176 Å². The van der Waals surface area contributed by atoms with E-state index in [1.54, 1.807) is 14.2 Å². The van der Waals surface area contributed by atoms with E-state index in [9.17, 15) is 25.5 Å². The van der Waals surface area contributed by atoms with Crippen molar-refractivity contribution in [3.63, 3.8) is 0 Å². The lowest BCUT2D eigenvalue weighted by Gasteiger charge is -2.70. The molecule has 5 aliphatic carbocycles. The predicted molar refractivity (Wildman–Crippen MR) is 104 cm³/mol. The van der Waals surface area contributed by atoms with Gasteiger partial charge in [0.15, 0.2) is 0 Å². The summed E-state index contributed by atoms with van der Waals surface area (Å²) in [7, 11) is 3.21. The molecule has 6 fully saturated rings. The number of hydrogen-bond acceptors (Lipinski definition) is 8. The minimum atomic E-state index is -1.52. The van der Waals surface area contributed by atoms with E-state index in [1.807, 2.05) is 6.92 Å². The highest BCUT2D eigenvalue weighted by atomic mass is 16.5. The fourth-order valence-electron chi connectivity index (χ4n) is 9.98. The van der Waals surface area contributed by atoms with Gasteiger partial charge in [0.05, 0.1) is 24.4 Å². The molecule has 1 aliphatic heterocycles. The predicted octanol–water partition coefficient (Wildman–Crippen LogP) is -1.28. The summed E-state index contributed by atoms with van der Waals surface area (Å²) in [5.74, 6) is -1.25. The molecule has 0 aromatic heterocycles. The van der Waals surface area contributed by atoms with Crippen molar-refractivity contribution in [1.29, 1.82) is 0 Å². The van der Waals surface area contributed by atoms with Gasteiger partial charge in [-0.15, -0.1) is 0 Å². The molecule has 1 heterocycles. The van der Waals surface area contributed by atoms with Crippen LogP contribution < -0.4 is 0 Å². The van der Waals surface area contributed by atoms with Gasteiger partial charge < -0.3 is 35.0 Å². The first-order valence-electron chi connectivity index (χ1n) is 11.5. The average molecular weight is 426 g/mol. The highest BCUT2D eigenvalue weighted by Crippen LogP contribution is 2.78. The van der Waals surface area contributed by atoms with Crippen LogP contribution >= 0.6 is 0 Å². The van der Waals surface area contributed by atoms with Crippen molar-refractivity contribution in [3.05, 3.63) is 0 Å². The maximum atomic E-state index is 12.3. The maximum absolute atomic E-state index is 12.3. The summed E-state index contributed by atoms with van der Waals surface area (Å²) in [5.41, 5.74) is -5.10. The lowest BCUT2D eigenvalue weighted by molar-refractivity contribution is -0.345. The van der Waals surface area contributed by atoms with Crippen LogP contribution in [0.2, 0.25) is 0 Å². The van der Waals surface area contributed by atoms with Crippen LogP contribution in [0.4, 0.5) is 0 Å². The van der Waals surface area contributed by atoms with E-state index in [0.29, 0.717) is 32.4 Å². The van der Waals surface area contributed by atoms with E-state index in [2.05, 4.69) is 4.90 Å². The molecule has 170 valence electrons. The third-order valence-corrected chi connectivity index (χ3v) is 10.8. The van der Waals surface area contributed by atoms with E-state index < -0.39 is 46.4 Å². The van der Waals surface area contributed by atoms with E-state index in [4.69, 9.17) is 9.47 Å². The number of aliphatic hydroxyl groups is 5. The lowest BCUT2D eigenvalue weighted by Crippen LogP contribution is -2.84. The van der Waals surface area contributed by atoms with E-state index in [0.717, 1.165) is 0 Å². The summed E-state index contributed by atoms with van der Waals surface area (Å²) >= 11 is 0. The Hall–Kier alpha value is -0.320. The third kappa shape index (κ3) is 1.73. The zero-order chi connectivity index (χ0) is 21.4. The minimum absolute atomic E-state index is 0.0908. The Bertz CT molecular complexity index is 768. The van der Waals surface area contributed by atoms with Gasteiger partial charge in [0.2, 0.25) is 0 Å². The number of hydrogen-bond donors (Lipinski definition) is 5. The molecule has 5 saturated carbocycles. The Morgan fingerprint density at radius 3 is 2.33 bits per heavy atom. The van der Waals surface area contributed by atoms with E-state index in [1.165, 1.54) is 0 Å². The number of methoxy groups -OCH3 is 2. The first kappa shape index (κ1) is 20.3. The monoisotopic (exact) mass is 425 g/mol. The molecule has 6 aliphatic rings. The number of rotatable bonds is 3. The molecule has 0 aromatic rings. The SMILES string of the molecule is CCN1CC2(O)C(O)CC(O)C34C1C(CC23)C1(O)CC(OC)C2CC4C1(O)C2OC. The number of likely N-dealkylation sites (tertiary alicyclic amines) is 1. The smallest absolute Gasteiger partial charge is 0.124 e. The molecular weight excluding hydrogens is 390 g/mol. The van der Waals surface area contributed by atoms with Crippen LogP contribution in [0.1, 0.15) is 32.6 Å². The van der Waals surface area contributed by atoms with Crippen molar-refractivity contribution in [2.24, 2.45) is 29.1 Å². The highest BCUT2D eigenvalue weighted by molar-refractivity contribution is 5.39. The van der Waals surface area contributed by atoms with Gasteiger partial charge in [-0.3, -0.25) is 4.90 Å². The summed E-state index contributed by atoms with van der Waals surface area (Å²) in [6.07, 6.45) is -1.26. The minimum Gasteiger partial charge on any atom is -0.392 e. The number of ether oxygens (including phenoxy) is 2.